The smallest absolute Gasteiger partial charge is 0.185 e. The Morgan fingerprint density at radius 1 is 1.00 bits per heavy atom. The third-order valence-electron chi connectivity index (χ3n) is 2.44. The number of sulfone groups is 1. The van der Waals surface area contributed by atoms with E-state index in [0.717, 1.165) is 10.5 Å². The molecule has 0 saturated heterocycles. The van der Waals surface area contributed by atoms with Crippen LogP contribution >= 0.6 is 15.9 Å². The van der Waals surface area contributed by atoms with Gasteiger partial charge in [0.05, 0.1) is 5.75 Å². The largest absolute Gasteiger partial charge is 0.223 e. The van der Waals surface area contributed by atoms with Crippen molar-refractivity contribution in [2.24, 2.45) is 0 Å². The van der Waals surface area contributed by atoms with Crippen LogP contribution in [0.5, 0.6) is 0 Å². The fourth-order valence-corrected chi connectivity index (χ4v) is 3.28. The van der Waals surface area contributed by atoms with Crippen molar-refractivity contribution in [2.75, 3.05) is 0 Å². The molecule has 5 heteroatoms. The summed E-state index contributed by atoms with van der Waals surface area (Å²) in [6.45, 7) is 0. The second kappa shape index (κ2) is 5.20. The molecule has 0 amide bonds. The van der Waals surface area contributed by atoms with Crippen molar-refractivity contribution < 1.29 is 12.8 Å². The summed E-state index contributed by atoms with van der Waals surface area (Å²) in [5.41, 5.74) is 0.626. The number of hydrogen-bond donors (Lipinski definition) is 0. The van der Waals surface area contributed by atoms with E-state index in [4.69, 9.17) is 0 Å². The SMILES string of the molecule is O=S(=O)(Cc1ccc(Br)cc1)c1ccccc1F. The van der Waals surface area contributed by atoms with Crippen molar-refractivity contribution in [3.8, 4) is 0 Å². The minimum absolute atomic E-state index is 0.207. The van der Waals surface area contributed by atoms with Crippen LogP contribution < -0.4 is 0 Å². The molecule has 0 saturated carbocycles. The fourth-order valence-electron chi connectivity index (χ4n) is 1.57. The minimum atomic E-state index is -3.65. The minimum Gasteiger partial charge on any atom is -0.223 e. The molecule has 0 aliphatic heterocycles. The lowest BCUT2D eigenvalue weighted by atomic mass is 10.2. The summed E-state index contributed by atoms with van der Waals surface area (Å²) in [7, 11) is -3.65. The van der Waals surface area contributed by atoms with E-state index in [2.05, 4.69) is 15.9 Å². The van der Waals surface area contributed by atoms with E-state index in [1.165, 1.54) is 18.2 Å². The van der Waals surface area contributed by atoms with Crippen LogP contribution in [0.25, 0.3) is 0 Å². The van der Waals surface area contributed by atoms with E-state index in [-0.39, 0.29) is 10.6 Å². The summed E-state index contributed by atoms with van der Waals surface area (Å²) in [6, 6.07) is 12.3. The Balaban J connectivity index is 2.33. The zero-order valence-corrected chi connectivity index (χ0v) is 11.7. The van der Waals surface area contributed by atoms with Crippen molar-refractivity contribution in [1.82, 2.24) is 0 Å². The van der Waals surface area contributed by atoms with Gasteiger partial charge in [0.25, 0.3) is 0 Å². The van der Waals surface area contributed by atoms with Crippen LogP contribution in [0.3, 0.4) is 0 Å². The van der Waals surface area contributed by atoms with Crippen LogP contribution in [0.15, 0.2) is 57.9 Å². The molecule has 2 aromatic rings. The van der Waals surface area contributed by atoms with E-state index in [1.54, 1.807) is 24.3 Å². The molecule has 0 atom stereocenters. The van der Waals surface area contributed by atoms with Gasteiger partial charge in [-0.15, -0.1) is 0 Å². The highest BCUT2D eigenvalue weighted by atomic mass is 79.9. The first-order valence-corrected chi connectivity index (χ1v) is 7.65. The zero-order chi connectivity index (χ0) is 13.2. The maximum absolute atomic E-state index is 13.5. The molecule has 0 spiro atoms. The first-order valence-electron chi connectivity index (χ1n) is 5.21. The Labute approximate surface area is 114 Å². The predicted octanol–water partition coefficient (Wildman–Crippen LogP) is 3.56. The molecular formula is C13H10BrFO2S. The highest BCUT2D eigenvalue weighted by Gasteiger charge is 2.19. The first kappa shape index (κ1) is 13.2. The van der Waals surface area contributed by atoms with Crippen LogP contribution in [0.2, 0.25) is 0 Å². The average molecular weight is 329 g/mol. The van der Waals surface area contributed by atoms with E-state index >= 15 is 0 Å². The van der Waals surface area contributed by atoms with Gasteiger partial charge in [-0.1, -0.05) is 40.2 Å². The molecule has 18 heavy (non-hydrogen) atoms. The molecule has 0 aliphatic carbocycles. The molecule has 2 aromatic carbocycles. The molecule has 0 heterocycles. The predicted molar refractivity (Wildman–Crippen MR) is 71.4 cm³/mol. The van der Waals surface area contributed by atoms with Gasteiger partial charge in [0.1, 0.15) is 10.7 Å². The lowest BCUT2D eigenvalue weighted by molar-refractivity contribution is 0.566. The van der Waals surface area contributed by atoms with Crippen LogP contribution in [0.4, 0.5) is 4.39 Å². The zero-order valence-electron chi connectivity index (χ0n) is 9.31. The van der Waals surface area contributed by atoms with Crippen molar-refractivity contribution >= 4 is 25.8 Å². The van der Waals surface area contributed by atoms with Crippen molar-refractivity contribution in [3.05, 3.63) is 64.4 Å². The van der Waals surface area contributed by atoms with Gasteiger partial charge in [-0.05, 0) is 29.8 Å². The summed E-state index contributed by atoms with van der Waals surface area (Å²) in [5.74, 6) is -0.920. The van der Waals surface area contributed by atoms with Gasteiger partial charge in [0, 0.05) is 4.47 Å². The molecule has 94 valence electrons. The summed E-state index contributed by atoms with van der Waals surface area (Å²) >= 11 is 3.27. The Morgan fingerprint density at radius 2 is 1.61 bits per heavy atom. The van der Waals surface area contributed by atoms with E-state index < -0.39 is 15.7 Å². The summed E-state index contributed by atoms with van der Waals surface area (Å²) in [5, 5.41) is 0. The second-order valence-corrected chi connectivity index (χ2v) is 6.69. The van der Waals surface area contributed by atoms with Crippen LogP contribution in [0, 0.1) is 5.82 Å². The number of halogens is 2. The Hall–Kier alpha value is -1.20. The third kappa shape index (κ3) is 2.97. The molecule has 0 unspecified atom stereocenters. The first-order chi connectivity index (χ1) is 8.49. The van der Waals surface area contributed by atoms with Crippen molar-refractivity contribution in [2.45, 2.75) is 10.6 Å². The molecule has 0 fully saturated rings. The van der Waals surface area contributed by atoms with Crippen LogP contribution in [-0.2, 0) is 15.6 Å². The maximum atomic E-state index is 13.5. The Morgan fingerprint density at radius 3 is 2.22 bits per heavy atom. The highest BCUT2D eigenvalue weighted by molar-refractivity contribution is 9.10. The lowest BCUT2D eigenvalue weighted by Gasteiger charge is -2.05. The maximum Gasteiger partial charge on any atom is 0.185 e. The molecule has 0 radical (unpaired) electrons. The average Bonchev–Trinajstić information content (AvgIpc) is 2.32. The standard InChI is InChI=1S/C13H10BrFO2S/c14-11-7-5-10(6-8-11)9-18(16,17)13-4-2-1-3-12(13)15/h1-8H,9H2. The van der Waals surface area contributed by atoms with Gasteiger partial charge in [0.2, 0.25) is 0 Å². The van der Waals surface area contributed by atoms with Crippen molar-refractivity contribution in [3.63, 3.8) is 0 Å². The van der Waals surface area contributed by atoms with Crippen LogP contribution in [-0.4, -0.2) is 8.42 Å². The van der Waals surface area contributed by atoms with E-state index in [9.17, 15) is 12.8 Å². The number of rotatable bonds is 3. The molecule has 0 aliphatic rings. The molecule has 0 aromatic heterocycles. The van der Waals surface area contributed by atoms with Gasteiger partial charge in [-0.3, -0.25) is 0 Å². The van der Waals surface area contributed by atoms with E-state index in [1.807, 2.05) is 0 Å². The molecule has 2 rings (SSSR count). The molecular weight excluding hydrogens is 319 g/mol. The highest BCUT2D eigenvalue weighted by Crippen LogP contribution is 2.20. The van der Waals surface area contributed by atoms with Gasteiger partial charge in [0.15, 0.2) is 9.84 Å². The quantitative estimate of drug-likeness (QED) is 0.863. The second-order valence-electron chi connectivity index (χ2n) is 3.82. The lowest BCUT2D eigenvalue weighted by Crippen LogP contribution is -2.07. The summed E-state index contributed by atoms with van der Waals surface area (Å²) < 4.78 is 38.4. The Bertz CT molecular complexity index is 651. The Kier molecular flexibility index (Phi) is 3.82. The normalized spacial score (nSPS) is 11.4. The van der Waals surface area contributed by atoms with Gasteiger partial charge < -0.3 is 0 Å². The van der Waals surface area contributed by atoms with Gasteiger partial charge >= 0.3 is 0 Å². The molecule has 2 nitrogen and oxygen atoms in total. The third-order valence-corrected chi connectivity index (χ3v) is 4.68. The summed E-state index contributed by atoms with van der Waals surface area (Å²) in [6.07, 6.45) is 0. The molecule has 0 N–H and O–H groups in total. The van der Waals surface area contributed by atoms with Crippen LogP contribution in [0.1, 0.15) is 5.56 Å². The monoisotopic (exact) mass is 328 g/mol. The fraction of sp³-hybridized carbons (Fsp3) is 0.0769. The van der Waals surface area contributed by atoms with Gasteiger partial charge in [-0.2, -0.15) is 0 Å². The van der Waals surface area contributed by atoms with Gasteiger partial charge in [-0.25, -0.2) is 12.8 Å². The van der Waals surface area contributed by atoms with Crippen molar-refractivity contribution in [1.29, 1.82) is 0 Å². The van der Waals surface area contributed by atoms with E-state index in [0.29, 0.717) is 5.56 Å². The topological polar surface area (TPSA) is 34.1 Å². The molecule has 0 bridgehead atoms. The number of benzene rings is 2. The number of hydrogen-bond acceptors (Lipinski definition) is 2. The summed E-state index contributed by atoms with van der Waals surface area (Å²) in [4.78, 5) is -0.257.